The van der Waals surface area contributed by atoms with Gasteiger partial charge in [0.05, 0.1) is 22.7 Å². The summed E-state index contributed by atoms with van der Waals surface area (Å²) in [6.07, 6.45) is -3.50. The fourth-order valence-electron chi connectivity index (χ4n) is 3.34. The van der Waals surface area contributed by atoms with Crippen molar-refractivity contribution in [2.24, 2.45) is 0 Å². The molecule has 0 aliphatic carbocycles. The third kappa shape index (κ3) is 3.27. The van der Waals surface area contributed by atoms with Gasteiger partial charge in [-0.3, -0.25) is 4.57 Å². The maximum absolute atomic E-state index is 12.9. The van der Waals surface area contributed by atoms with Crippen LogP contribution in [0, 0.1) is 0 Å². The molecule has 1 aromatic heterocycles. The van der Waals surface area contributed by atoms with E-state index < -0.39 is 17.8 Å². The molecule has 0 aliphatic rings. The van der Waals surface area contributed by atoms with Gasteiger partial charge < -0.3 is 5.11 Å². The molecule has 0 radical (unpaired) electrons. The molecule has 28 heavy (non-hydrogen) atoms. The van der Waals surface area contributed by atoms with Crippen LogP contribution in [-0.4, -0.2) is 14.7 Å². The molecule has 142 valence electrons. The van der Waals surface area contributed by atoms with Crippen molar-refractivity contribution in [2.75, 3.05) is 0 Å². The molecular weight excluding hydrogens is 365 g/mol. The van der Waals surface area contributed by atoms with E-state index in [4.69, 9.17) is 0 Å². The molecule has 0 fully saturated rings. The molecule has 0 bridgehead atoms. The fourth-order valence-corrected chi connectivity index (χ4v) is 3.34. The van der Waals surface area contributed by atoms with Gasteiger partial charge in [0.15, 0.2) is 0 Å². The number of fused-ring (bicyclic) bond motifs is 1. The zero-order chi connectivity index (χ0) is 19.9. The van der Waals surface area contributed by atoms with Crippen LogP contribution < -0.4 is 0 Å². The molecule has 0 spiro atoms. The van der Waals surface area contributed by atoms with Crippen molar-refractivity contribution in [1.29, 1.82) is 0 Å². The van der Waals surface area contributed by atoms with E-state index in [-0.39, 0.29) is 5.52 Å². The van der Waals surface area contributed by atoms with Gasteiger partial charge in [0, 0.05) is 5.69 Å². The molecule has 4 aromatic rings. The fraction of sp³-hybridized carbons (Fsp3) is 0.136. The summed E-state index contributed by atoms with van der Waals surface area (Å²) >= 11 is 0. The van der Waals surface area contributed by atoms with Crippen LogP contribution in [-0.2, 0) is 6.18 Å². The Kier molecular flexibility index (Phi) is 4.43. The predicted octanol–water partition coefficient (Wildman–Crippen LogP) is 5.76. The molecule has 1 unspecified atom stereocenters. The molecule has 3 aromatic carbocycles. The average molecular weight is 382 g/mol. The Balaban J connectivity index is 1.81. The lowest BCUT2D eigenvalue weighted by atomic mass is 9.96. The smallest absolute Gasteiger partial charge is 0.389 e. The van der Waals surface area contributed by atoms with Crippen molar-refractivity contribution in [3.8, 4) is 16.8 Å². The van der Waals surface area contributed by atoms with Gasteiger partial charge in [-0.25, -0.2) is 4.98 Å². The van der Waals surface area contributed by atoms with Crippen LogP contribution in [0.4, 0.5) is 13.2 Å². The molecule has 1 atom stereocenters. The lowest BCUT2D eigenvalue weighted by Gasteiger charge is -2.13. The van der Waals surface area contributed by atoms with Gasteiger partial charge in [0.1, 0.15) is 6.33 Å². The topological polar surface area (TPSA) is 38.0 Å². The normalized spacial score (nSPS) is 13.0. The molecule has 0 amide bonds. The maximum Gasteiger partial charge on any atom is 0.416 e. The third-order valence-corrected chi connectivity index (χ3v) is 4.72. The van der Waals surface area contributed by atoms with Gasteiger partial charge in [0.25, 0.3) is 0 Å². The molecule has 1 heterocycles. The minimum atomic E-state index is -4.40. The number of halogens is 3. The first kappa shape index (κ1) is 18.3. The van der Waals surface area contributed by atoms with E-state index in [1.807, 2.05) is 48.5 Å². The second-order valence-electron chi connectivity index (χ2n) is 6.63. The van der Waals surface area contributed by atoms with E-state index in [1.54, 1.807) is 11.5 Å². The SMILES string of the molecule is CC(O)c1ccccc1-c1cccc(-n2[12cH]nc3cc(C(F)(F)F)ccc32)c1. The van der Waals surface area contributed by atoms with E-state index in [2.05, 4.69) is 4.98 Å². The van der Waals surface area contributed by atoms with Crippen LogP contribution in [0.25, 0.3) is 27.8 Å². The molecule has 0 aliphatic heterocycles. The Morgan fingerprint density at radius 2 is 1.75 bits per heavy atom. The number of benzene rings is 3. The summed E-state index contributed by atoms with van der Waals surface area (Å²) in [5.74, 6) is 0. The summed E-state index contributed by atoms with van der Waals surface area (Å²) in [6.45, 7) is 1.71. The number of aromatic nitrogens is 2. The van der Waals surface area contributed by atoms with Gasteiger partial charge >= 0.3 is 6.18 Å². The van der Waals surface area contributed by atoms with Crippen molar-refractivity contribution in [1.82, 2.24) is 9.55 Å². The summed E-state index contributed by atoms with van der Waals surface area (Å²) in [6, 6.07) is 18.7. The van der Waals surface area contributed by atoms with Gasteiger partial charge in [-0.15, -0.1) is 0 Å². The zero-order valence-corrected chi connectivity index (χ0v) is 15.0. The van der Waals surface area contributed by atoms with Crippen molar-refractivity contribution in [3.63, 3.8) is 0 Å². The van der Waals surface area contributed by atoms with Crippen molar-refractivity contribution >= 4 is 11.0 Å². The summed E-state index contributed by atoms with van der Waals surface area (Å²) in [7, 11) is 0. The Hall–Kier alpha value is -3.12. The molecule has 1 N–H and O–H groups in total. The zero-order valence-electron chi connectivity index (χ0n) is 15.0. The van der Waals surface area contributed by atoms with Gasteiger partial charge in [-0.2, -0.15) is 13.2 Å². The Bertz CT molecular complexity index is 1150. The number of hydrogen-bond acceptors (Lipinski definition) is 2. The summed E-state index contributed by atoms with van der Waals surface area (Å²) in [4.78, 5) is 4.14. The van der Waals surface area contributed by atoms with E-state index >= 15 is 0 Å². The van der Waals surface area contributed by atoms with Gasteiger partial charge in [-0.1, -0.05) is 36.4 Å². The number of aliphatic hydroxyl groups excluding tert-OH is 1. The van der Waals surface area contributed by atoms with Crippen molar-refractivity contribution in [2.45, 2.75) is 19.2 Å². The van der Waals surface area contributed by atoms with Crippen LogP contribution >= 0.6 is 0 Å². The number of aliphatic hydroxyl groups is 1. The van der Waals surface area contributed by atoms with Crippen LogP contribution in [0.3, 0.4) is 0 Å². The van der Waals surface area contributed by atoms with E-state index in [0.717, 1.165) is 34.5 Å². The minimum absolute atomic E-state index is 0.282. The molecular formula is C22H17F3N2O. The number of nitrogens with zero attached hydrogens (tertiary/aromatic N) is 2. The molecule has 3 nitrogen and oxygen atoms in total. The third-order valence-electron chi connectivity index (χ3n) is 4.72. The van der Waals surface area contributed by atoms with E-state index in [9.17, 15) is 18.3 Å². The first-order valence-electron chi connectivity index (χ1n) is 8.77. The highest BCUT2D eigenvalue weighted by molar-refractivity contribution is 5.79. The van der Waals surface area contributed by atoms with Crippen molar-refractivity contribution in [3.05, 3.63) is 84.2 Å². The molecule has 4 rings (SSSR count). The number of imidazole rings is 1. The monoisotopic (exact) mass is 382 g/mol. The molecule has 0 saturated carbocycles. The summed E-state index contributed by atoms with van der Waals surface area (Å²) in [5, 5.41) is 10.0. The van der Waals surface area contributed by atoms with Crippen LogP contribution in [0.2, 0.25) is 0 Å². The molecule has 0 saturated heterocycles. The number of hydrogen-bond donors (Lipinski definition) is 1. The van der Waals surface area contributed by atoms with Gasteiger partial charge in [-0.05, 0) is 53.9 Å². The summed E-state index contributed by atoms with van der Waals surface area (Å²) in [5.41, 5.74) is 3.56. The number of rotatable bonds is 3. The quantitative estimate of drug-likeness (QED) is 0.489. The average Bonchev–Trinajstić information content (AvgIpc) is 3.10. The highest BCUT2D eigenvalue weighted by Crippen LogP contribution is 2.33. The first-order chi connectivity index (χ1) is 13.3. The van der Waals surface area contributed by atoms with Crippen LogP contribution in [0.5, 0.6) is 0 Å². The highest BCUT2D eigenvalue weighted by Gasteiger charge is 2.30. The standard InChI is InChI=1S/C22H17F3N2O/c1-14(28)18-7-2-3-8-19(18)15-5-4-6-17(11-15)27-13-26-20-12-16(22(23,24)25)9-10-21(20)27/h2-14,28H,1H3/i13+0. The van der Waals surface area contributed by atoms with Crippen LogP contribution in [0.1, 0.15) is 24.2 Å². The Morgan fingerprint density at radius 3 is 2.50 bits per heavy atom. The van der Waals surface area contributed by atoms with E-state index in [0.29, 0.717) is 5.52 Å². The molecule has 6 heteroatoms. The highest BCUT2D eigenvalue weighted by atomic mass is 19.4. The second kappa shape index (κ2) is 6.80. The number of alkyl halides is 3. The summed E-state index contributed by atoms with van der Waals surface area (Å²) < 4.78 is 40.6. The van der Waals surface area contributed by atoms with E-state index in [1.165, 1.54) is 12.4 Å². The lowest BCUT2D eigenvalue weighted by molar-refractivity contribution is -0.137. The van der Waals surface area contributed by atoms with Crippen LogP contribution in [0.15, 0.2) is 73.1 Å². The first-order valence-corrected chi connectivity index (χ1v) is 8.77. The Labute approximate surface area is 159 Å². The lowest BCUT2D eigenvalue weighted by Crippen LogP contribution is -2.04. The van der Waals surface area contributed by atoms with Gasteiger partial charge in [0.2, 0.25) is 0 Å². The van der Waals surface area contributed by atoms with Crippen molar-refractivity contribution < 1.29 is 18.3 Å². The Morgan fingerprint density at radius 1 is 0.964 bits per heavy atom. The predicted molar refractivity (Wildman–Crippen MR) is 102 cm³/mol. The maximum atomic E-state index is 12.9. The largest absolute Gasteiger partial charge is 0.416 e. The second-order valence-corrected chi connectivity index (χ2v) is 6.63. The minimum Gasteiger partial charge on any atom is -0.389 e.